The van der Waals surface area contributed by atoms with Crippen molar-refractivity contribution in [2.24, 2.45) is 0 Å². The summed E-state index contributed by atoms with van der Waals surface area (Å²) in [7, 11) is 0. The van der Waals surface area contributed by atoms with Crippen molar-refractivity contribution in [1.29, 1.82) is 0 Å². The Morgan fingerprint density at radius 2 is 0.831 bits per heavy atom. The average molecular weight is 752 g/mol. The Hall–Kier alpha value is -8.02. The highest BCUT2D eigenvalue weighted by molar-refractivity contribution is 6.29. The summed E-state index contributed by atoms with van der Waals surface area (Å²) in [5.41, 5.74) is 12.8. The third-order valence-electron chi connectivity index (χ3n) is 12.2. The molecule has 274 valence electrons. The normalized spacial score (nSPS) is 12.1. The number of nitrogens with zero attached hydrogens (tertiary/aromatic N) is 5. The summed E-state index contributed by atoms with van der Waals surface area (Å²) in [6, 6.07) is 71.8. The Balaban J connectivity index is 1.09. The SMILES string of the molecule is c1ccc(-n2c3ccccc3c3c4c5ccccc5n(-c5ccc6c(c5)c5ccccc5n6-c5nc6ccccc6nc5-c5ccc6ccccc6c5)c4ccc32)cc1. The van der Waals surface area contributed by atoms with Crippen LogP contribution >= 0.6 is 0 Å². The molecule has 0 radical (unpaired) electrons. The van der Waals surface area contributed by atoms with Gasteiger partial charge in [-0.3, -0.25) is 4.57 Å². The first kappa shape index (κ1) is 32.1. The molecule has 5 heteroatoms. The summed E-state index contributed by atoms with van der Waals surface area (Å²) < 4.78 is 7.16. The second-order valence-corrected chi connectivity index (χ2v) is 15.4. The van der Waals surface area contributed by atoms with E-state index in [4.69, 9.17) is 9.97 Å². The van der Waals surface area contributed by atoms with Crippen molar-refractivity contribution in [1.82, 2.24) is 23.7 Å². The highest BCUT2D eigenvalue weighted by atomic mass is 15.1. The fraction of sp³-hybridized carbons (Fsp3) is 0. The van der Waals surface area contributed by atoms with Gasteiger partial charge in [-0.1, -0.05) is 121 Å². The second kappa shape index (κ2) is 12.2. The zero-order valence-electron chi connectivity index (χ0n) is 31.8. The molecule has 4 heterocycles. The van der Waals surface area contributed by atoms with Gasteiger partial charge in [-0.15, -0.1) is 0 Å². The Morgan fingerprint density at radius 3 is 1.54 bits per heavy atom. The first-order chi connectivity index (χ1) is 29.3. The van der Waals surface area contributed by atoms with E-state index < -0.39 is 0 Å². The summed E-state index contributed by atoms with van der Waals surface area (Å²) in [5, 5.41) is 9.71. The maximum absolute atomic E-state index is 5.40. The van der Waals surface area contributed by atoms with Gasteiger partial charge in [0.05, 0.1) is 44.1 Å². The molecule has 5 nitrogen and oxygen atoms in total. The summed E-state index contributed by atoms with van der Waals surface area (Å²) >= 11 is 0. The minimum atomic E-state index is 0.812. The van der Waals surface area contributed by atoms with E-state index in [1.54, 1.807) is 0 Å². The average Bonchev–Trinajstić information content (AvgIpc) is 3.94. The van der Waals surface area contributed by atoms with E-state index in [0.29, 0.717) is 0 Å². The van der Waals surface area contributed by atoms with E-state index in [-0.39, 0.29) is 0 Å². The summed E-state index contributed by atoms with van der Waals surface area (Å²) in [6.07, 6.45) is 0. The van der Waals surface area contributed by atoms with Crippen LogP contribution in [0, 0.1) is 0 Å². The zero-order valence-corrected chi connectivity index (χ0v) is 31.8. The maximum Gasteiger partial charge on any atom is 0.165 e. The molecule has 9 aromatic carbocycles. The van der Waals surface area contributed by atoms with Gasteiger partial charge in [0.25, 0.3) is 0 Å². The van der Waals surface area contributed by atoms with Gasteiger partial charge in [0, 0.05) is 49.3 Å². The molecule has 59 heavy (non-hydrogen) atoms. The van der Waals surface area contributed by atoms with Crippen LogP contribution in [0.15, 0.2) is 200 Å². The highest BCUT2D eigenvalue weighted by Crippen LogP contribution is 2.43. The van der Waals surface area contributed by atoms with Crippen LogP contribution in [0.25, 0.3) is 116 Å². The quantitative estimate of drug-likeness (QED) is 0.180. The van der Waals surface area contributed by atoms with Crippen LogP contribution in [0.4, 0.5) is 0 Å². The molecule has 4 aromatic heterocycles. The van der Waals surface area contributed by atoms with E-state index in [9.17, 15) is 0 Å². The number of fused-ring (bicyclic) bond motifs is 12. The summed E-state index contributed by atoms with van der Waals surface area (Å²) in [4.78, 5) is 10.7. The molecular formula is C54H33N5. The molecule has 0 saturated heterocycles. The Kier molecular flexibility index (Phi) is 6.66. The van der Waals surface area contributed by atoms with E-state index >= 15 is 0 Å². The molecule has 0 aliphatic heterocycles. The van der Waals surface area contributed by atoms with Crippen LogP contribution in [0.2, 0.25) is 0 Å². The Morgan fingerprint density at radius 1 is 0.305 bits per heavy atom. The molecule has 13 aromatic rings. The van der Waals surface area contributed by atoms with Crippen molar-refractivity contribution in [3.05, 3.63) is 200 Å². The molecule has 0 amide bonds. The van der Waals surface area contributed by atoms with Gasteiger partial charge in [-0.05, 0) is 89.6 Å². The van der Waals surface area contributed by atoms with E-state index in [2.05, 4.69) is 196 Å². The molecule has 0 aliphatic carbocycles. The maximum atomic E-state index is 5.40. The molecule has 13 rings (SSSR count). The van der Waals surface area contributed by atoms with Crippen LogP contribution in [-0.2, 0) is 0 Å². The van der Waals surface area contributed by atoms with Crippen molar-refractivity contribution in [3.63, 3.8) is 0 Å². The van der Waals surface area contributed by atoms with Crippen LogP contribution in [0.5, 0.6) is 0 Å². The van der Waals surface area contributed by atoms with Gasteiger partial charge in [-0.2, -0.15) is 0 Å². The van der Waals surface area contributed by atoms with Crippen LogP contribution in [-0.4, -0.2) is 23.7 Å². The number of hydrogen-bond acceptors (Lipinski definition) is 2. The van der Waals surface area contributed by atoms with Gasteiger partial charge in [0.2, 0.25) is 0 Å². The number of benzene rings is 9. The molecule has 0 bridgehead atoms. The lowest BCUT2D eigenvalue weighted by Gasteiger charge is -2.14. The smallest absolute Gasteiger partial charge is 0.165 e. The lowest BCUT2D eigenvalue weighted by atomic mass is 10.0. The molecule has 0 atom stereocenters. The fourth-order valence-electron chi connectivity index (χ4n) is 9.66. The van der Waals surface area contributed by atoms with E-state index in [1.165, 1.54) is 54.4 Å². The Labute approximate surface area is 338 Å². The zero-order chi connectivity index (χ0) is 38.6. The number of para-hydroxylation sites is 6. The highest BCUT2D eigenvalue weighted by Gasteiger charge is 2.23. The van der Waals surface area contributed by atoms with Crippen LogP contribution < -0.4 is 0 Å². The lowest BCUT2D eigenvalue weighted by Crippen LogP contribution is -2.04. The number of aromatic nitrogens is 5. The lowest BCUT2D eigenvalue weighted by molar-refractivity contribution is 1.08. The molecule has 0 N–H and O–H groups in total. The van der Waals surface area contributed by atoms with Crippen molar-refractivity contribution >= 4 is 87.2 Å². The van der Waals surface area contributed by atoms with Gasteiger partial charge in [-0.25, -0.2) is 9.97 Å². The van der Waals surface area contributed by atoms with Crippen LogP contribution in [0.1, 0.15) is 0 Å². The van der Waals surface area contributed by atoms with E-state index in [0.717, 1.165) is 61.3 Å². The first-order valence-corrected chi connectivity index (χ1v) is 20.1. The number of hydrogen-bond donors (Lipinski definition) is 0. The van der Waals surface area contributed by atoms with Gasteiger partial charge < -0.3 is 9.13 Å². The fourth-order valence-corrected chi connectivity index (χ4v) is 9.66. The summed E-state index contributed by atoms with van der Waals surface area (Å²) in [5.74, 6) is 0.812. The van der Waals surface area contributed by atoms with Crippen molar-refractivity contribution in [3.8, 4) is 28.5 Å². The van der Waals surface area contributed by atoms with E-state index in [1.807, 2.05) is 18.2 Å². The van der Waals surface area contributed by atoms with Gasteiger partial charge in [0.1, 0.15) is 5.69 Å². The molecule has 0 saturated carbocycles. The molecule has 0 unspecified atom stereocenters. The Bertz CT molecular complexity index is 3850. The monoisotopic (exact) mass is 751 g/mol. The summed E-state index contributed by atoms with van der Waals surface area (Å²) in [6.45, 7) is 0. The second-order valence-electron chi connectivity index (χ2n) is 15.4. The predicted molar refractivity (Wildman–Crippen MR) is 245 cm³/mol. The molecule has 0 spiro atoms. The first-order valence-electron chi connectivity index (χ1n) is 20.1. The van der Waals surface area contributed by atoms with Gasteiger partial charge in [0.15, 0.2) is 5.82 Å². The third-order valence-corrected chi connectivity index (χ3v) is 12.2. The number of rotatable bonds is 4. The van der Waals surface area contributed by atoms with Gasteiger partial charge >= 0.3 is 0 Å². The molecule has 0 fully saturated rings. The van der Waals surface area contributed by atoms with Crippen molar-refractivity contribution in [2.45, 2.75) is 0 Å². The predicted octanol–water partition coefficient (Wildman–Crippen LogP) is 13.7. The topological polar surface area (TPSA) is 40.6 Å². The van der Waals surface area contributed by atoms with Crippen LogP contribution in [0.3, 0.4) is 0 Å². The third kappa shape index (κ3) is 4.61. The van der Waals surface area contributed by atoms with Crippen molar-refractivity contribution < 1.29 is 0 Å². The standard InChI is InChI=1S/C54H33N5/c1-2-16-37(17-3-1)57-46-24-12-7-19-40(46)51-49(57)30-31-50-52(51)41-20-8-13-25-47(41)58(50)38-28-29-48-42(33-38)39-18-6-11-23-45(39)59(48)54-53(55-43-21-9-10-22-44(43)56-54)36-27-26-34-14-4-5-15-35(34)32-36/h1-33H. The molecule has 0 aliphatic rings. The molecular weight excluding hydrogens is 719 g/mol. The van der Waals surface area contributed by atoms with Crippen molar-refractivity contribution in [2.75, 3.05) is 0 Å². The minimum Gasteiger partial charge on any atom is -0.309 e. The largest absolute Gasteiger partial charge is 0.309 e. The minimum absolute atomic E-state index is 0.812.